The van der Waals surface area contributed by atoms with E-state index in [-0.39, 0.29) is 5.91 Å². The number of nitrogens with zero attached hydrogens (tertiary/aromatic N) is 3. The monoisotopic (exact) mass is 462 g/mol. The first kappa shape index (κ1) is 22.3. The zero-order chi connectivity index (χ0) is 23.4. The Morgan fingerprint density at radius 3 is 2.42 bits per heavy atom. The van der Waals surface area contributed by atoms with Crippen molar-refractivity contribution in [3.05, 3.63) is 76.8 Å². The van der Waals surface area contributed by atoms with Crippen LogP contribution in [-0.2, 0) is 0 Å². The van der Waals surface area contributed by atoms with Gasteiger partial charge in [0.2, 0.25) is 0 Å². The normalized spacial score (nSPS) is 10.7. The van der Waals surface area contributed by atoms with Crippen LogP contribution in [0.25, 0.3) is 11.3 Å². The lowest BCUT2D eigenvalue weighted by molar-refractivity contribution is 0.102. The van der Waals surface area contributed by atoms with E-state index in [9.17, 15) is 4.79 Å². The molecule has 1 amide bonds. The van der Waals surface area contributed by atoms with Crippen molar-refractivity contribution in [2.75, 3.05) is 22.5 Å². The molecule has 3 N–H and O–H groups in total. The number of anilines is 4. The number of carbonyl (C=O) groups excluding carboxylic acids is 1. The van der Waals surface area contributed by atoms with Gasteiger partial charge in [-0.2, -0.15) is 0 Å². The van der Waals surface area contributed by atoms with Crippen molar-refractivity contribution in [2.45, 2.75) is 20.8 Å². The van der Waals surface area contributed by atoms with Gasteiger partial charge in [0.1, 0.15) is 34.5 Å². The largest absolute Gasteiger partial charge is 0.370 e. The lowest BCUT2D eigenvalue weighted by atomic mass is 10.1. The summed E-state index contributed by atoms with van der Waals surface area (Å²) in [7, 11) is 0. The quantitative estimate of drug-likeness (QED) is 0.317. The van der Waals surface area contributed by atoms with Gasteiger partial charge in [-0.1, -0.05) is 35.0 Å². The summed E-state index contributed by atoms with van der Waals surface area (Å²) in [5, 5.41) is 13.9. The van der Waals surface area contributed by atoms with Crippen molar-refractivity contribution >= 4 is 40.5 Å². The standard InChI is InChI=1S/C24H23ClN6O2/c1-4-26-20-13-21(28-15(3)27-20)29-16-9-11-17(12-10-16)30-24(32)22-14(2)33-31-23(22)18-7-5-6-8-19(18)25/h5-13H,4H2,1-3H3,(H,30,32)(H2,26,27,28,29). The summed E-state index contributed by atoms with van der Waals surface area (Å²) in [5.41, 5.74) is 2.84. The maximum atomic E-state index is 13.0. The molecule has 0 bridgehead atoms. The molecule has 33 heavy (non-hydrogen) atoms. The van der Waals surface area contributed by atoms with Crippen molar-refractivity contribution in [3.8, 4) is 11.3 Å². The van der Waals surface area contributed by atoms with Gasteiger partial charge in [-0.15, -0.1) is 0 Å². The molecule has 0 radical (unpaired) electrons. The fraction of sp³-hybridized carbons (Fsp3) is 0.167. The van der Waals surface area contributed by atoms with Crippen LogP contribution in [0, 0.1) is 13.8 Å². The van der Waals surface area contributed by atoms with Crippen molar-refractivity contribution in [1.82, 2.24) is 15.1 Å². The van der Waals surface area contributed by atoms with E-state index in [1.54, 1.807) is 31.2 Å². The molecule has 2 aromatic heterocycles. The van der Waals surface area contributed by atoms with Crippen LogP contribution in [0.4, 0.5) is 23.0 Å². The fourth-order valence-corrected chi connectivity index (χ4v) is 3.58. The van der Waals surface area contributed by atoms with Crippen LogP contribution in [0.15, 0.2) is 59.1 Å². The summed E-state index contributed by atoms with van der Waals surface area (Å²) in [4.78, 5) is 21.8. The number of amides is 1. The molecule has 168 valence electrons. The first-order valence-corrected chi connectivity index (χ1v) is 10.8. The summed E-state index contributed by atoms with van der Waals surface area (Å²) < 4.78 is 5.29. The van der Waals surface area contributed by atoms with Crippen molar-refractivity contribution in [2.24, 2.45) is 0 Å². The Hall–Kier alpha value is -3.91. The van der Waals surface area contributed by atoms with Gasteiger partial charge in [-0.3, -0.25) is 4.79 Å². The molecular weight excluding hydrogens is 440 g/mol. The molecule has 0 aliphatic heterocycles. The van der Waals surface area contributed by atoms with Gasteiger partial charge in [0.25, 0.3) is 5.91 Å². The van der Waals surface area contributed by atoms with Gasteiger partial charge >= 0.3 is 0 Å². The Bertz CT molecular complexity index is 1290. The highest BCUT2D eigenvalue weighted by Crippen LogP contribution is 2.31. The van der Waals surface area contributed by atoms with E-state index in [1.807, 2.05) is 44.2 Å². The Balaban J connectivity index is 1.50. The molecule has 4 aromatic rings. The van der Waals surface area contributed by atoms with E-state index in [1.165, 1.54) is 0 Å². The van der Waals surface area contributed by atoms with Crippen LogP contribution in [-0.4, -0.2) is 27.6 Å². The van der Waals surface area contributed by atoms with E-state index >= 15 is 0 Å². The molecule has 8 nitrogen and oxygen atoms in total. The molecular formula is C24H23ClN6O2. The van der Waals surface area contributed by atoms with Gasteiger partial charge in [0.15, 0.2) is 0 Å². The van der Waals surface area contributed by atoms with Gasteiger partial charge in [-0.05, 0) is 51.1 Å². The minimum absolute atomic E-state index is 0.328. The summed E-state index contributed by atoms with van der Waals surface area (Å²) in [6.45, 7) is 6.32. The predicted octanol–water partition coefficient (Wildman–Crippen LogP) is 5.83. The molecule has 9 heteroatoms. The molecule has 2 aromatic carbocycles. The molecule has 0 atom stereocenters. The van der Waals surface area contributed by atoms with Gasteiger partial charge < -0.3 is 20.5 Å². The maximum Gasteiger partial charge on any atom is 0.261 e. The van der Waals surface area contributed by atoms with Crippen molar-refractivity contribution in [1.29, 1.82) is 0 Å². The molecule has 0 fully saturated rings. The van der Waals surface area contributed by atoms with Crippen molar-refractivity contribution in [3.63, 3.8) is 0 Å². The van der Waals surface area contributed by atoms with E-state index in [0.717, 1.165) is 18.1 Å². The lowest BCUT2D eigenvalue weighted by Gasteiger charge is -2.10. The zero-order valence-corrected chi connectivity index (χ0v) is 19.2. The van der Waals surface area contributed by atoms with E-state index in [0.29, 0.717) is 44.9 Å². The van der Waals surface area contributed by atoms with Crippen LogP contribution in [0.3, 0.4) is 0 Å². The smallest absolute Gasteiger partial charge is 0.261 e. The number of hydrogen-bond donors (Lipinski definition) is 3. The Morgan fingerprint density at radius 2 is 1.70 bits per heavy atom. The second kappa shape index (κ2) is 9.70. The van der Waals surface area contributed by atoms with Crippen LogP contribution in [0.2, 0.25) is 5.02 Å². The highest BCUT2D eigenvalue weighted by Gasteiger charge is 2.23. The molecule has 4 rings (SSSR count). The second-order valence-electron chi connectivity index (χ2n) is 7.31. The third kappa shape index (κ3) is 5.12. The Morgan fingerprint density at radius 1 is 1.00 bits per heavy atom. The Labute approximate surface area is 196 Å². The van der Waals surface area contributed by atoms with E-state index in [2.05, 4.69) is 31.1 Å². The fourth-order valence-electron chi connectivity index (χ4n) is 3.36. The number of rotatable bonds is 7. The SMILES string of the molecule is CCNc1cc(Nc2ccc(NC(=O)c3c(-c4ccccc4Cl)noc3C)cc2)nc(C)n1. The van der Waals surface area contributed by atoms with E-state index in [4.69, 9.17) is 16.1 Å². The third-order valence-electron chi connectivity index (χ3n) is 4.83. The van der Waals surface area contributed by atoms with Gasteiger partial charge in [0.05, 0.1) is 5.02 Å². The number of benzene rings is 2. The molecule has 0 aliphatic carbocycles. The number of aryl methyl sites for hydroxylation is 2. The average Bonchev–Trinajstić information content (AvgIpc) is 3.16. The van der Waals surface area contributed by atoms with Gasteiger partial charge in [0, 0.05) is 29.5 Å². The summed E-state index contributed by atoms with van der Waals surface area (Å²) in [5.74, 6) is 2.19. The van der Waals surface area contributed by atoms with E-state index < -0.39 is 0 Å². The second-order valence-corrected chi connectivity index (χ2v) is 7.72. The van der Waals surface area contributed by atoms with Crippen molar-refractivity contribution < 1.29 is 9.32 Å². The number of nitrogens with one attached hydrogen (secondary N) is 3. The molecule has 0 spiro atoms. The highest BCUT2D eigenvalue weighted by molar-refractivity contribution is 6.33. The average molecular weight is 463 g/mol. The molecule has 2 heterocycles. The molecule has 0 saturated carbocycles. The molecule has 0 aliphatic rings. The zero-order valence-electron chi connectivity index (χ0n) is 18.4. The van der Waals surface area contributed by atoms with Gasteiger partial charge in [-0.25, -0.2) is 9.97 Å². The Kier molecular flexibility index (Phi) is 6.55. The highest BCUT2D eigenvalue weighted by atomic mass is 35.5. The number of carbonyl (C=O) groups is 1. The number of aromatic nitrogens is 3. The van der Waals surface area contributed by atoms with Crippen LogP contribution >= 0.6 is 11.6 Å². The molecule has 0 unspecified atom stereocenters. The minimum atomic E-state index is -0.328. The summed E-state index contributed by atoms with van der Waals surface area (Å²) in [6, 6.07) is 16.4. The third-order valence-corrected chi connectivity index (χ3v) is 5.16. The first-order chi connectivity index (χ1) is 15.9. The topological polar surface area (TPSA) is 105 Å². The van der Waals surface area contributed by atoms with Crippen LogP contribution < -0.4 is 16.0 Å². The molecule has 0 saturated heterocycles. The summed E-state index contributed by atoms with van der Waals surface area (Å²) in [6.07, 6.45) is 0. The summed E-state index contributed by atoms with van der Waals surface area (Å²) >= 11 is 6.29. The lowest BCUT2D eigenvalue weighted by Crippen LogP contribution is -2.13. The minimum Gasteiger partial charge on any atom is -0.370 e. The van der Waals surface area contributed by atoms with Crippen LogP contribution in [0.1, 0.15) is 28.9 Å². The van der Waals surface area contributed by atoms with Crippen LogP contribution in [0.5, 0.6) is 0 Å². The number of hydrogen-bond acceptors (Lipinski definition) is 7. The first-order valence-electron chi connectivity index (χ1n) is 10.4. The number of halogens is 1. The maximum absolute atomic E-state index is 13.0. The predicted molar refractivity (Wildman–Crippen MR) is 130 cm³/mol.